The molecule has 0 atom stereocenters. The normalized spacial score (nSPS) is 10.4. The first-order valence-electron chi connectivity index (χ1n) is 6.47. The van der Waals surface area contributed by atoms with E-state index in [1.54, 1.807) is 0 Å². The minimum Gasteiger partial charge on any atom is -0.394 e. The van der Waals surface area contributed by atoms with Gasteiger partial charge in [0.05, 0.1) is 39.6 Å². The van der Waals surface area contributed by atoms with Gasteiger partial charge in [-0.05, 0) is 18.5 Å². The van der Waals surface area contributed by atoms with Crippen LogP contribution in [0, 0.1) is 0 Å². The molecule has 0 amide bonds. The SMILES string of the molecule is [N-]=[N+]=NCCOCCCNCCOCCOCCO. The van der Waals surface area contributed by atoms with Crippen molar-refractivity contribution in [3.05, 3.63) is 10.4 Å². The van der Waals surface area contributed by atoms with Crippen molar-refractivity contribution in [2.24, 2.45) is 5.11 Å². The summed E-state index contributed by atoms with van der Waals surface area (Å²) in [5.41, 5.74) is 8.03. The highest BCUT2D eigenvalue weighted by molar-refractivity contribution is 4.48. The molecule has 0 aromatic carbocycles. The van der Waals surface area contributed by atoms with E-state index in [4.69, 9.17) is 24.8 Å². The van der Waals surface area contributed by atoms with Crippen LogP contribution in [0.4, 0.5) is 0 Å². The Hall–Kier alpha value is -0.890. The van der Waals surface area contributed by atoms with Crippen molar-refractivity contribution < 1.29 is 19.3 Å². The molecule has 0 aliphatic heterocycles. The first kappa shape index (κ1) is 18.1. The Bertz CT molecular complexity index is 225. The number of azide groups is 1. The van der Waals surface area contributed by atoms with Crippen LogP contribution in [0.3, 0.4) is 0 Å². The average molecular weight is 276 g/mol. The fourth-order valence-corrected chi connectivity index (χ4v) is 1.21. The van der Waals surface area contributed by atoms with Crippen molar-refractivity contribution in [1.29, 1.82) is 0 Å². The molecule has 2 N–H and O–H groups in total. The molecule has 0 unspecified atom stereocenters. The zero-order valence-electron chi connectivity index (χ0n) is 11.3. The fourth-order valence-electron chi connectivity index (χ4n) is 1.21. The topological polar surface area (TPSA) is 109 Å². The van der Waals surface area contributed by atoms with Crippen molar-refractivity contribution in [3.8, 4) is 0 Å². The van der Waals surface area contributed by atoms with Gasteiger partial charge in [-0.1, -0.05) is 5.11 Å². The maximum Gasteiger partial charge on any atom is 0.0701 e. The summed E-state index contributed by atoms with van der Waals surface area (Å²) >= 11 is 0. The van der Waals surface area contributed by atoms with Gasteiger partial charge in [0.1, 0.15) is 0 Å². The minimum absolute atomic E-state index is 0.0481. The van der Waals surface area contributed by atoms with Gasteiger partial charge in [-0.15, -0.1) is 0 Å². The summed E-state index contributed by atoms with van der Waals surface area (Å²) in [6.07, 6.45) is 0.913. The third-order valence-corrected chi connectivity index (χ3v) is 2.07. The second kappa shape index (κ2) is 17.1. The van der Waals surface area contributed by atoms with Crippen LogP contribution in [-0.2, 0) is 14.2 Å². The lowest BCUT2D eigenvalue weighted by molar-refractivity contribution is 0.0339. The molecule has 8 nitrogen and oxygen atoms in total. The highest BCUT2D eigenvalue weighted by atomic mass is 16.5. The minimum atomic E-state index is 0.0481. The fraction of sp³-hybridized carbons (Fsp3) is 1.00. The Morgan fingerprint density at radius 3 is 2.42 bits per heavy atom. The number of aliphatic hydroxyl groups excluding tert-OH is 1. The van der Waals surface area contributed by atoms with Gasteiger partial charge in [-0.3, -0.25) is 0 Å². The number of rotatable bonds is 15. The molecule has 0 bridgehead atoms. The van der Waals surface area contributed by atoms with E-state index in [9.17, 15) is 0 Å². The van der Waals surface area contributed by atoms with E-state index in [0.29, 0.717) is 46.2 Å². The molecule has 0 saturated carbocycles. The Balaban J connectivity index is 2.93. The quantitative estimate of drug-likeness (QED) is 0.194. The summed E-state index contributed by atoms with van der Waals surface area (Å²) in [5.74, 6) is 0. The number of nitrogens with zero attached hydrogens (tertiary/aromatic N) is 3. The van der Waals surface area contributed by atoms with Crippen LogP contribution in [0.1, 0.15) is 6.42 Å². The van der Waals surface area contributed by atoms with E-state index in [-0.39, 0.29) is 6.61 Å². The maximum absolute atomic E-state index is 8.46. The van der Waals surface area contributed by atoms with Crippen LogP contribution in [0.25, 0.3) is 10.4 Å². The number of aliphatic hydroxyl groups is 1. The molecule has 0 spiro atoms. The molecular formula is C11H24N4O4. The van der Waals surface area contributed by atoms with Crippen LogP contribution in [0.2, 0.25) is 0 Å². The average Bonchev–Trinajstić information content (AvgIpc) is 2.43. The van der Waals surface area contributed by atoms with E-state index in [1.807, 2.05) is 0 Å². The molecule has 0 heterocycles. The molecule has 0 aromatic rings. The highest BCUT2D eigenvalue weighted by Crippen LogP contribution is 1.83. The summed E-state index contributed by atoms with van der Waals surface area (Å²) < 4.78 is 15.6. The summed E-state index contributed by atoms with van der Waals surface area (Å²) in [6, 6.07) is 0. The van der Waals surface area contributed by atoms with E-state index in [2.05, 4.69) is 15.3 Å². The number of nitrogens with one attached hydrogen (secondary N) is 1. The second-order valence-electron chi connectivity index (χ2n) is 3.62. The zero-order chi connectivity index (χ0) is 14.0. The molecule has 0 saturated heterocycles. The molecule has 0 radical (unpaired) electrons. The van der Waals surface area contributed by atoms with Crippen molar-refractivity contribution in [2.75, 3.05) is 65.9 Å². The molecular weight excluding hydrogens is 252 g/mol. The molecule has 0 aromatic heterocycles. The van der Waals surface area contributed by atoms with Gasteiger partial charge < -0.3 is 24.6 Å². The summed E-state index contributed by atoms with van der Waals surface area (Å²) in [5, 5.41) is 15.1. The Kier molecular flexibility index (Phi) is 16.3. The first-order chi connectivity index (χ1) is 9.41. The van der Waals surface area contributed by atoms with Gasteiger partial charge in [0.2, 0.25) is 0 Å². The number of hydrogen-bond acceptors (Lipinski definition) is 6. The van der Waals surface area contributed by atoms with Gasteiger partial charge >= 0.3 is 0 Å². The molecule has 0 aliphatic rings. The lowest BCUT2D eigenvalue weighted by Gasteiger charge is -2.06. The van der Waals surface area contributed by atoms with E-state index >= 15 is 0 Å². The Labute approximate surface area is 113 Å². The van der Waals surface area contributed by atoms with Crippen molar-refractivity contribution in [1.82, 2.24) is 5.32 Å². The Morgan fingerprint density at radius 1 is 0.947 bits per heavy atom. The first-order valence-corrected chi connectivity index (χ1v) is 6.47. The molecule has 0 rings (SSSR count). The molecule has 0 fully saturated rings. The third kappa shape index (κ3) is 17.1. The standard InChI is InChI=1S/C11H24N4O4/c12-15-14-4-8-17-6-1-2-13-3-7-18-10-11-19-9-5-16/h13,16H,1-11H2. The molecule has 19 heavy (non-hydrogen) atoms. The van der Waals surface area contributed by atoms with Gasteiger partial charge in [0, 0.05) is 24.6 Å². The van der Waals surface area contributed by atoms with Crippen molar-refractivity contribution in [3.63, 3.8) is 0 Å². The highest BCUT2D eigenvalue weighted by Gasteiger charge is 1.91. The van der Waals surface area contributed by atoms with Gasteiger partial charge in [-0.25, -0.2) is 0 Å². The van der Waals surface area contributed by atoms with Crippen LogP contribution in [-0.4, -0.2) is 71.0 Å². The molecule has 8 heteroatoms. The van der Waals surface area contributed by atoms with Crippen LogP contribution >= 0.6 is 0 Å². The van der Waals surface area contributed by atoms with E-state index in [0.717, 1.165) is 19.5 Å². The van der Waals surface area contributed by atoms with Gasteiger partial charge in [0.25, 0.3) is 0 Å². The van der Waals surface area contributed by atoms with Crippen LogP contribution in [0.15, 0.2) is 5.11 Å². The van der Waals surface area contributed by atoms with E-state index in [1.165, 1.54) is 0 Å². The zero-order valence-corrected chi connectivity index (χ0v) is 11.3. The largest absolute Gasteiger partial charge is 0.394 e. The van der Waals surface area contributed by atoms with Gasteiger partial charge in [0.15, 0.2) is 0 Å². The third-order valence-electron chi connectivity index (χ3n) is 2.07. The van der Waals surface area contributed by atoms with Gasteiger partial charge in [-0.2, -0.15) is 0 Å². The molecule has 112 valence electrons. The molecule has 0 aliphatic carbocycles. The predicted octanol–water partition coefficient (Wildman–Crippen LogP) is 0.318. The number of hydrogen-bond donors (Lipinski definition) is 2. The smallest absolute Gasteiger partial charge is 0.0701 e. The number of ether oxygens (including phenoxy) is 3. The van der Waals surface area contributed by atoms with E-state index < -0.39 is 0 Å². The lowest BCUT2D eigenvalue weighted by atomic mass is 10.4. The lowest BCUT2D eigenvalue weighted by Crippen LogP contribution is -2.22. The second-order valence-corrected chi connectivity index (χ2v) is 3.62. The summed E-state index contributed by atoms with van der Waals surface area (Å²) in [6.45, 7) is 5.28. The summed E-state index contributed by atoms with van der Waals surface area (Å²) in [4.78, 5) is 2.63. The Morgan fingerprint density at radius 2 is 1.68 bits per heavy atom. The van der Waals surface area contributed by atoms with Crippen molar-refractivity contribution >= 4 is 0 Å². The summed E-state index contributed by atoms with van der Waals surface area (Å²) in [7, 11) is 0. The monoisotopic (exact) mass is 276 g/mol. The predicted molar refractivity (Wildman–Crippen MR) is 71.0 cm³/mol. The van der Waals surface area contributed by atoms with Crippen molar-refractivity contribution in [2.45, 2.75) is 6.42 Å². The van der Waals surface area contributed by atoms with Crippen LogP contribution in [0.5, 0.6) is 0 Å². The maximum atomic E-state index is 8.46. The van der Waals surface area contributed by atoms with Crippen LogP contribution < -0.4 is 5.32 Å².